The normalized spacial score (nSPS) is 16.6. The number of H-pyrrole nitrogens is 4. The van der Waals surface area contributed by atoms with Crippen molar-refractivity contribution in [2.24, 2.45) is 0 Å². The van der Waals surface area contributed by atoms with Crippen molar-refractivity contribution in [2.75, 3.05) is 0 Å². The zero-order chi connectivity index (χ0) is 67.9. The van der Waals surface area contributed by atoms with Gasteiger partial charge in [0, 0.05) is 167 Å². The van der Waals surface area contributed by atoms with Crippen molar-refractivity contribution in [3.05, 3.63) is 165 Å². The lowest BCUT2D eigenvalue weighted by Gasteiger charge is -2.29. The van der Waals surface area contributed by atoms with E-state index < -0.39 is 0 Å². The number of ether oxygens (including phenoxy) is 8. The number of fused-ring (bicyclic) bond motifs is 8. The summed E-state index contributed by atoms with van der Waals surface area (Å²) in [5, 5.41) is 0. The van der Waals surface area contributed by atoms with Crippen LogP contribution in [0.3, 0.4) is 0 Å². The Kier molecular flexibility index (Phi) is 16.7. The number of aromatic amines is 4. The van der Waals surface area contributed by atoms with Crippen LogP contribution in [0.25, 0.3) is 44.1 Å². The van der Waals surface area contributed by atoms with E-state index in [-0.39, 0.29) is 23.7 Å². The van der Waals surface area contributed by atoms with Gasteiger partial charge in [0.2, 0.25) is 0 Å². The van der Waals surface area contributed by atoms with Crippen molar-refractivity contribution in [2.45, 2.75) is 207 Å². The summed E-state index contributed by atoms with van der Waals surface area (Å²) in [5.74, 6) is 11.9. The highest BCUT2D eigenvalue weighted by Crippen LogP contribution is 2.60. The lowest BCUT2D eigenvalue weighted by Crippen LogP contribution is -2.12. The van der Waals surface area contributed by atoms with Crippen molar-refractivity contribution in [3.8, 4) is 92.0 Å². The molecule has 0 amide bonds. The summed E-state index contributed by atoms with van der Waals surface area (Å²) in [7, 11) is 0. The van der Waals surface area contributed by atoms with E-state index in [1.54, 1.807) is 0 Å². The first kappa shape index (κ1) is 63.5. The summed E-state index contributed by atoms with van der Waals surface area (Å²) >= 11 is 0. The summed E-state index contributed by atoms with van der Waals surface area (Å²) in [6, 6.07) is 34.2. The topological polar surface area (TPSA) is 189 Å². The maximum absolute atomic E-state index is 7.55. The molecule has 0 saturated heterocycles. The van der Waals surface area contributed by atoms with Crippen molar-refractivity contribution < 1.29 is 37.9 Å². The van der Waals surface area contributed by atoms with E-state index in [2.05, 4.69) is 124 Å². The lowest BCUT2D eigenvalue weighted by atomic mass is 9.77. The molecule has 5 aliphatic rings. The third kappa shape index (κ3) is 11.4. The van der Waals surface area contributed by atoms with Gasteiger partial charge < -0.3 is 57.8 Å². The summed E-state index contributed by atoms with van der Waals surface area (Å²) in [5.41, 5.74) is 14.5. The van der Waals surface area contributed by atoms with E-state index in [0.29, 0.717) is 118 Å². The van der Waals surface area contributed by atoms with Crippen LogP contribution in [0.2, 0.25) is 0 Å². The van der Waals surface area contributed by atoms with Crippen LogP contribution in [0.15, 0.2) is 97.1 Å². The monoisotopic (exact) mass is 1340 g/mol. The molecule has 4 aliphatic heterocycles. The molecule has 0 fully saturated rings. The standard InChI is InChI=1S/C84H88N8O8/c1-9-17-21-25-81-85-57-33-73-74(34-58(57)86-81)94-66-42-68-52-30-50(66)45(13-5)49-29-51-46(14-6)53-31-55-48(16-8)56-32-54(47(52)15-7)70(98-78-38-62-60(36-76(78)96-68)88-83(90-62)27-23-19-11-3)44-72(56)100-80-40-64-63(91-84(92-64)28-24-20-12-4)39-79(80)99-71(55)43-69(53)97-77-37-61-59(87-82(89-61)26-22-18-10-2)35-75(77)95-67(51)41-65(49)93-73/h29-48H,9-28H2,1-8H3,(H,85,86)(H,87,89)(H,88,90)(H,91,92). The smallest absolute Gasteiger partial charge is 0.172 e. The third-order valence-electron chi connectivity index (χ3n) is 21.4. The highest BCUT2D eigenvalue weighted by Gasteiger charge is 2.39. The molecule has 512 valence electrons. The van der Waals surface area contributed by atoms with Gasteiger partial charge in [0.15, 0.2) is 46.0 Å². The lowest BCUT2D eigenvalue weighted by molar-refractivity contribution is 0.401. The number of rotatable bonds is 20. The molecule has 8 bridgehead atoms. The van der Waals surface area contributed by atoms with Crippen LogP contribution >= 0.6 is 0 Å². The molecule has 0 saturated carbocycles. The zero-order valence-corrected chi connectivity index (χ0v) is 58.7. The van der Waals surface area contributed by atoms with Crippen LogP contribution in [0.5, 0.6) is 92.0 Å². The van der Waals surface area contributed by atoms with Gasteiger partial charge in [-0.05, 0) is 75.6 Å². The number of imidazole rings is 4. The van der Waals surface area contributed by atoms with Gasteiger partial charge >= 0.3 is 0 Å². The molecular formula is C84H88N8O8. The number of aromatic nitrogens is 8. The first-order chi connectivity index (χ1) is 49.1. The first-order valence-electron chi connectivity index (χ1n) is 37.3. The van der Waals surface area contributed by atoms with Gasteiger partial charge in [-0.15, -0.1) is 0 Å². The van der Waals surface area contributed by atoms with Gasteiger partial charge in [-0.25, -0.2) is 19.9 Å². The Morgan fingerprint density at radius 2 is 0.420 bits per heavy atom. The average Bonchev–Trinajstić information content (AvgIpc) is 1.48. The van der Waals surface area contributed by atoms with Gasteiger partial charge in [-0.1, -0.05) is 107 Å². The van der Waals surface area contributed by atoms with E-state index >= 15 is 0 Å². The molecule has 8 heterocycles. The van der Waals surface area contributed by atoms with Gasteiger partial charge in [0.05, 0.1) is 44.1 Å². The van der Waals surface area contributed by atoms with E-state index in [4.69, 9.17) is 57.8 Å². The molecular weight excluding hydrogens is 1250 g/mol. The van der Waals surface area contributed by atoms with Crippen LogP contribution in [0.4, 0.5) is 0 Å². The minimum absolute atomic E-state index is 0.286. The van der Waals surface area contributed by atoms with E-state index in [0.717, 1.165) is 215 Å². The molecule has 1 aliphatic carbocycles. The molecule has 0 spiro atoms. The number of nitrogens with zero attached hydrogens (tertiary/aromatic N) is 4. The molecule has 12 aromatic rings. The average molecular weight is 1340 g/mol. The Hall–Kier alpha value is -9.96. The van der Waals surface area contributed by atoms with Gasteiger partial charge in [0.1, 0.15) is 69.3 Å². The predicted molar refractivity (Wildman–Crippen MR) is 392 cm³/mol. The molecule has 100 heavy (non-hydrogen) atoms. The van der Waals surface area contributed by atoms with Crippen molar-refractivity contribution in [3.63, 3.8) is 0 Å². The number of hydrogen-bond acceptors (Lipinski definition) is 12. The fourth-order valence-corrected chi connectivity index (χ4v) is 16.2. The SMILES string of the molecule is CCCCCc1nc2cc3c(cc2[nH]1)Oc1cc2c4cc1C(CC)c1cc5c(cc1O3)Oc1cc3nc(CCCCC)[nH]c3cc1Oc1cc3c(cc1C5CC)C(CC)c1cc(c(cc1Oc1cc5nc(CCCCC)[nH]c5cc1O3)Oc1cc3[nH]c(CCCCC)nc3cc1O2)C4CC. The molecule has 8 aromatic carbocycles. The van der Waals surface area contributed by atoms with E-state index in [9.17, 15) is 0 Å². The number of benzene rings is 8. The molecule has 17 rings (SSSR count). The minimum Gasteiger partial charge on any atom is -0.453 e. The second-order valence-corrected chi connectivity index (χ2v) is 28.2. The maximum atomic E-state index is 7.55. The Labute approximate surface area is 583 Å². The predicted octanol–water partition coefficient (Wildman–Crippen LogP) is 24.2. The molecule has 4 unspecified atom stereocenters. The van der Waals surface area contributed by atoms with Crippen LogP contribution in [-0.4, -0.2) is 39.9 Å². The molecule has 0 radical (unpaired) electrons. The molecule has 4 atom stereocenters. The summed E-state index contributed by atoms with van der Waals surface area (Å²) in [4.78, 5) is 35.5. The Morgan fingerprint density at radius 1 is 0.230 bits per heavy atom. The van der Waals surface area contributed by atoms with Crippen LogP contribution < -0.4 is 37.9 Å². The summed E-state index contributed by atoms with van der Waals surface area (Å²) in [6.07, 6.45) is 19.1. The van der Waals surface area contributed by atoms with Crippen molar-refractivity contribution >= 4 is 44.1 Å². The van der Waals surface area contributed by atoms with Crippen molar-refractivity contribution in [1.29, 1.82) is 0 Å². The van der Waals surface area contributed by atoms with E-state index in [1.807, 2.05) is 48.5 Å². The Morgan fingerprint density at radius 3 is 0.600 bits per heavy atom. The highest BCUT2D eigenvalue weighted by molar-refractivity contribution is 5.85. The largest absolute Gasteiger partial charge is 0.453 e. The minimum atomic E-state index is -0.287. The Balaban J connectivity index is 0.976. The summed E-state index contributed by atoms with van der Waals surface area (Å²) < 4.78 is 60.4. The maximum Gasteiger partial charge on any atom is 0.172 e. The molecule has 4 N–H and O–H groups in total. The second kappa shape index (κ2) is 26.3. The van der Waals surface area contributed by atoms with Crippen LogP contribution in [-0.2, 0) is 25.7 Å². The van der Waals surface area contributed by atoms with Gasteiger partial charge in [-0.3, -0.25) is 0 Å². The quantitative estimate of drug-likeness (QED) is 0.0530. The summed E-state index contributed by atoms with van der Waals surface area (Å²) in [6.45, 7) is 17.9. The number of nitrogens with one attached hydrogen (secondary N) is 4. The number of unbranched alkanes of at least 4 members (excludes halogenated alkanes) is 8. The number of aryl methyl sites for hydroxylation is 4. The van der Waals surface area contributed by atoms with Gasteiger partial charge in [-0.2, -0.15) is 0 Å². The number of hydrogen-bond donors (Lipinski definition) is 4. The molecule has 16 heteroatoms. The molecule has 16 nitrogen and oxygen atoms in total. The fourth-order valence-electron chi connectivity index (χ4n) is 16.2. The fraction of sp³-hybridized carbons (Fsp3) is 0.381. The first-order valence-corrected chi connectivity index (χ1v) is 37.3. The van der Waals surface area contributed by atoms with Crippen LogP contribution in [0, 0.1) is 0 Å². The van der Waals surface area contributed by atoms with Crippen LogP contribution in [0.1, 0.15) is 250 Å². The van der Waals surface area contributed by atoms with Crippen molar-refractivity contribution in [1.82, 2.24) is 39.9 Å². The third-order valence-corrected chi connectivity index (χ3v) is 21.4. The zero-order valence-electron chi connectivity index (χ0n) is 58.7. The second-order valence-electron chi connectivity index (χ2n) is 28.2. The highest BCUT2D eigenvalue weighted by atomic mass is 16.5. The van der Waals surface area contributed by atoms with Gasteiger partial charge in [0.25, 0.3) is 0 Å². The molecule has 4 aromatic heterocycles. The van der Waals surface area contributed by atoms with E-state index in [1.165, 1.54) is 0 Å². The Bertz CT molecular complexity index is 4270.